The number of nitrogens with zero attached hydrogens (tertiary/aromatic N) is 5. The molecule has 0 aliphatic carbocycles. The van der Waals surface area contributed by atoms with Crippen molar-refractivity contribution in [3.63, 3.8) is 0 Å². The number of carbonyl (C=O) groups excluding carboxylic acids is 3. The lowest BCUT2D eigenvalue weighted by Gasteiger charge is -2.36. The summed E-state index contributed by atoms with van der Waals surface area (Å²) < 4.78 is 28.1. The van der Waals surface area contributed by atoms with Crippen LogP contribution in [0.2, 0.25) is 0 Å². The Morgan fingerprint density at radius 2 is 1.73 bits per heavy atom. The van der Waals surface area contributed by atoms with Crippen molar-refractivity contribution < 1.29 is 23.2 Å². The molecule has 238 valence electrons. The van der Waals surface area contributed by atoms with Crippen molar-refractivity contribution in [2.75, 3.05) is 31.1 Å². The summed E-state index contributed by atoms with van der Waals surface area (Å²) in [7, 11) is 0. The van der Waals surface area contributed by atoms with Crippen molar-refractivity contribution in [2.24, 2.45) is 5.41 Å². The van der Waals surface area contributed by atoms with Gasteiger partial charge in [-0.25, -0.2) is 23.7 Å². The van der Waals surface area contributed by atoms with E-state index >= 15 is 0 Å². The largest absolute Gasteiger partial charge is 0.353 e. The highest BCUT2D eigenvalue weighted by molar-refractivity contribution is 7.13. The first-order chi connectivity index (χ1) is 20.5. The minimum absolute atomic E-state index is 0.0762. The van der Waals surface area contributed by atoms with Crippen molar-refractivity contribution >= 4 is 34.9 Å². The van der Waals surface area contributed by atoms with Gasteiger partial charge in [-0.2, -0.15) is 0 Å². The average Bonchev–Trinajstić information content (AvgIpc) is 3.45. The van der Waals surface area contributed by atoms with E-state index in [4.69, 9.17) is 0 Å². The van der Waals surface area contributed by atoms with Gasteiger partial charge >= 0.3 is 0 Å². The van der Waals surface area contributed by atoms with Crippen molar-refractivity contribution in [1.82, 2.24) is 30.5 Å². The first-order valence-electron chi connectivity index (χ1n) is 14.3. The van der Waals surface area contributed by atoms with Gasteiger partial charge in [0, 0.05) is 56.9 Å². The summed E-state index contributed by atoms with van der Waals surface area (Å²) in [5.41, 5.74) is 0.397. The normalized spacial score (nSPS) is 15.8. The maximum absolute atomic E-state index is 14.0. The van der Waals surface area contributed by atoms with E-state index in [1.165, 1.54) is 38.5 Å². The molecule has 1 unspecified atom stereocenters. The fraction of sp³-hybridized carbons (Fsp3) is 0.484. The molecule has 0 radical (unpaired) electrons. The van der Waals surface area contributed by atoms with Gasteiger partial charge in [0.05, 0.1) is 12.2 Å². The fourth-order valence-corrected chi connectivity index (χ4v) is 5.33. The molecule has 2 N–H and O–H groups in total. The maximum atomic E-state index is 14.0. The van der Waals surface area contributed by atoms with Gasteiger partial charge in [0.25, 0.3) is 17.7 Å². The van der Waals surface area contributed by atoms with E-state index < -0.39 is 23.8 Å². The molecule has 3 amide bonds. The van der Waals surface area contributed by atoms with Crippen LogP contribution in [0.3, 0.4) is 0 Å². The molecule has 0 bridgehead atoms. The van der Waals surface area contributed by atoms with Crippen LogP contribution in [-0.2, 0) is 4.79 Å². The van der Waals surface area contributed by atoms with Crippen LogP contribution >= 0.6 is 11.3 Å². The van der Waals surface area contributed by atoms with E-state index in [1.54, 1.807) is 13.0 Å². The first kappa shape index (κ1) is 34.5. The summed E-state index contributed by atoms with van der Waals surface area (Å²) in [6, 6.07) is 1.08. The molecule has 2 aromatic rings. The number of aromatic nitrogens is 3. The third-order valence-corrected chi connectivity index (χ3v) is 8.04. The molecule has 3 heterocycles. The Kier molecular flexibility index (Phi) is 11.1. The number of allylic oxidation sites excluding steroid dienone is 5. The Hall–Kier alpha value is -4.00. The van der Waals surface area contributed by atoms with Gasteiger partial charge < -0.3 is 20.4 Å². The van der Waals surface area contributed by atoms with Gasteiger partial charge in [-0.15, -0.1) is 11.3 Å². The van der Waals surface area contributed by atoms with Crippen LogP contribution in [0.25, 0.3) is 0 Å². The first-order valence-corrected chi connectivity index (χ1v) is 15.1. The summed E-state index contributed by atoms with van der Waals surface area (Å²) in [5.74, 6) is -3.32. The fourth-order valence-electron chi connectivity index (χ4n) is 4.51. The van der Waals surface area contributed by atoms with Crippen LogP contribution in [0.1, 0.15) is 86.1 Å². The number of anilines is 1. The minimum Gasteiger partial charge on any atom is -0.353 e. The molecule has 1 atom stereocenters. The van der Waals surface area contributed by atoms with E-state index in [-0.39, 0.29) is 33.2 Å². The summed E-state index contributed by atoms with van der Waals surface area (Å²) >= 11 is 1.08. The SMILES string of the molecule is C=C/C(C)=C(\C=C(/C)NC(=O)c1cnc(C(C)NC(=O)c2cc(N3CCN(C(=O)CC(C)(C)C)CC3)ncn2)s1)C(C)(F)F. The van der Waals surface area contributed by atoms with Crippen LogP contribution in [0.4, 0.5) is 14.6 Å². The number of piperazine rings is 1. The molecule has 0 aromatic carbocycles. The molecule has 0 spiro atoms. The molecule has 1 aliphatic heterocycles. The molecule has 13 heteroatoms. The molecule has 0 saturated carbocycles. The van der Waals surface area contributed by atoms with Crippen molar-refractivity contribution in [3.8, 4) is 0 Å². The predicted molar refractivity (Wildman–Crippen MR) is 168 cm³/mol. The van der Waals surface area contributed by atoms with Crippen LogP contribution in [0.5, 0.6) is 0 Å². The second kappa shape index (κ2) is 14.2. The highest BCUT2D eigenvalue weighted by Gasteiger charge is 2.28. The zero-order valence-electron chi connectivity index (χ0n) is 26.3. The summed E-state index contributed by atoms with van der Waals surface area (Å²) in [4.78, 5) is 55.3. The van der Waals surface area contributed by atoms with E-state index in [0.717, 1.165) is 18.3 Å². The Morgan fingerprint density at radius 1 is 1.07 bits per heavy atom. The molecule has 1 saturated heterocycles. The number of hydrogen-bond donors (Lipinski definition) is 2. The molecule has 10 nitrogen and oxygen atoms in total. The van der Waals surface area contributed by atoms with Crippen molar-refractivity contribution in [2.45, 2.75) is 66.9 Å². The average molecular weight is 630 g/mol. The van der Waals surface area contributed by atoms with Gasteiger partial charge in [-0.05, 0) is 37.8 Å². The zero-order chi connectivity index (χ0) is 32.8. The highest BCUT2D eigenvalue weighted by atomic mass is 32.1. The van der Waals surface area contributed by atoms with Crippen LogP contribution in [-0.4, -0.2) is 69.7 Å². The van der Waals surface area contributed by atoms with Gasteiger partial charge in [-0.1, -0.05) is 33.4 Å². The summed E-state index contributed by atoms with van der Waals surface area (Å²) in [5, 5.41) is 5.94. The number of halogens is 2. The number of carbonyl (C=O) groups is 3. The standard InChI is InChI=1S/C31H41F2N7O3S/c1-9-19(2)22(31(8,32)33)14-20(3)37-28(43)24-17-34-29(44-24)21(4)38-27(42)23-15-25(36-18-35-23)39-10-12-40(13-11-39)26(41)16-30(5,6)7/h9,14-15,17-18,21H,1,10-13,16H2,2-8H3,(H,37,43)(H,38,42)/b20-14+,22-19+. The lowest BCUT2D eigenvalue weighted by Crippen LogP contribution is -2.49. The molecule has 3 rings (SSSR count). The van der Waals surface area contributed by atoms with Gasteiger partial charge in [0.1, 0.15) is 27.7 Å². The third kappa shape index (κ3) is 9.50. The van der Waals surface area contributed by atoms with Gasteiger partial charge in [-0.3, -0.25) is 14.4 Å². The highest BCUT2D eigenvalue weighted by Crippen LogP contribution is 2.29. The molecule has 1 fully saturated rings. The molecular formula is C31H41F2N7O3S. The summed E-state index contributed by atoms with van der Waals surface area (Å²) in [6.07, 6.45) is 5.76. The van der Waals surface area contributed by atoms with Crippen molar-refractivity contribution in [3.05, 3.63) is 69.7 Å². The Labute approximate surface area is 261 Å². The van der Waals surface area contributed by atoms with E-state index in [2.05, 4.69) is 32.2 Å². The van der Waals surface area contributed by atoms with Crippen LogP contribution in [0, 0.1) is 5.41 Å². The van der Waals surface area contributed by atoms with Crippen LogP contribution in [0.15, 0.2) is 54.2 Å². The topological polar surface area (TPSA) is 120 Å². The number of alkyl halides is 2. The number of amides is 3. The maximum Gasteiger partial charge on any atom is 0.270 e. The number of rotatable bonds is 10. The van der Waals surface area contributed by atoms with Gasteiger partial charge in [0.15, 0.2) is 0 Å². The second-order valence-corrected chi connectivity index (χ2v) is 13.2. The minimum atomic E-state index is -3.11. The smallest absolute Gasteiger partial charge is 0.270 e. The molecule has 1 aliphatic rings. The lowest BCUT2D eigenvalue weighted by molar-refractivity contribution is -0.133. The molecular weight excluding hydrogens is 588 g/mol. The number of thiazole rings is 1. The zero-order valence-corrected chi connectivity index (χ0v) is 27.1. The van der Waals surface area contributed by atoms with E-state index in [0.29, 0.717) is 49.0 Å². The van der Waals surface area contributed by atoms with E-state index in [1.807, 2.05) is 30.6 Å². The van der Waals surface area contributed by atoms with Crippen molar-refractivity contribution in [1.29, 1.82) is 0 Å². The molecule has 2 aromatic heterocycles. The Bertz CT molecular complexity index is 1450. The molecule has 44 heavy (non-hydrogen) atoms. The monoisotopic (exact) mass is 629 g/mol. The second-order valence-electron chi connectivity index (χ2n) is 12.1. The third-order valence-electron chi connectivity index (χ3n) is 6.86. The Balaban J connectivity index is 1.60. The van der Waals surface area contributed by atoms with Gasteiger partial charge in [0.2, 0.25) is 5.91 Å². The van der Waals surface area contributed by atoms with Crippen LogP contribution < -0.4 is 15.5 Å². The summed E-state index contributed by atoms with van der Waals surface area (Å²) in [6.45, 7) is 17.6. The van der Waals surface area contributed by atoms with E-state index in [9.17, 15) is 23.2 Å². The Morgan fingerprint density at radius 3 is 2.32 bits per heavy atom. The quantitative estimate of drug-likeness (QED) is 0.342. The predicted octanol–water partition coefficient (Wildman–Crippen LogP) is 5.30. The lowest BCUT2D eigenvalue weighted by atomic mass is 9.91. The number of nitrogens with one attached hydrogen (secondary N) is 2. The number of hydrogen-bond acceptors (Lipinski definition) is 8.